The molecule has 0 amide bonds. The summed E-state index contributed by atoms with van der Waals surface area (Å²) in [5, 5.41) is 3.19. The first-order valence-corrected chi connectivity index (χ1v) is 15.5. The van der Waals surface area contributed by atoms with Crippen LogP contribution >= 0.6 is 0 Å². The minimum atomic E-state index is -3.84. The molecule has 0 saturated carbocycles. The van der Waals surface area contributed by atoms with Gasteiger partial charge in [0.25, 0.3) is 0 Å². The number of sulfonamides is 1. The van der Waals surface area contributed by atoms with Gasteiger partial charge in [-0.05, 0) is 71.5 Å². The average molecular weight is 627 g/mol. The van der Waals surface area contributed by atoms with E-state index in [4.69, 9.17) is 0 Å². The molecule has 0 spiro atoms. The van der Waals surface area contributed by atoms with E-state index in [1.807, 2.05) is 0 Å². The molecule has 3 heterocycles. The lowest BCUT2D eigenvalue weighted by Gasteiger charge is -2.35. The van der Waals surface area contributed by atoms with E-state index in [2.05, 4.69) is 15.3 Å². The van der Waals surface area contributed by atoms with E-state index in [0.29, 0.717) is 24.2 Å². The van der Waals surface area contributed by atoms with Crippen LogP contribution in [-0.2, 0) is 27.7 Å². The van der Waals surface area contributed by atoms with Gasteiger partial charge in [0.05, 0.1) is 6.20 Å². The number of carbonyl (C=O) groups excluding carboxylic acids is 1. The molecule has 1 fully saturated rings. The molecule has 2 atom stereocenters. The van der Waals surface area contributed by atoms with E-state index in [1.54, 1.807) is 6.07 Å². The Morgan fingerprint density at radius 2 is 1.68 bits per heavy atom. The molecule has 1 aliphatic heterocycles. The van der Waals surface area contributed by atoms with Gasteiger partial charge >= 0.3 is 0 Å². The zero-order valence-electron chi connectivity index (χ0n) is 23.6. The van der Waals surface area contributed by atoms with Crippen molar-refractivity contribution in [2.75, 3.05) is 19.6 Å². The van der Waals surface area contributed by atoms with Crippen LogP contribution in [0.3, 0.4) is 0 Å². The zero-order valence-corrected chi connectivity index (χ0v) is 24.4. The Morgan fingerprint density at radius 1 is 0.932 bits per heavy atom. The van der Waals surface area contributed by atoms with Gasteiger partial charge in [0.1, 0.15) is 33.9 Å². The second-order valence-electron chi connectivity index (χ2n) is 10.7. The Balaban J connectivity index is 1.35. The SMILES string of the molecule is O=C(Cc1cncc(F)c1CC[C@H]1CNCCN1S(=O)(=O)c1cccnc1)C[C@@H](c1ccc(F)cc1)c1cc(F)cc(F)c1. The Bertz CT molecular complexity index is 1700. The summed E-state index contributed by atoms with van der Waals surface area (Å²) < 4.78 is 85.0. The Hall–Kier alpha value is -4.00. The van der Waals surface area contributed by atoms with E-state index in [1.165, 1.54) is 53.2 Å². The number of hydrogen-bond donors (Lipinski definition) is 1. The van der Waals surface area contributed by atoms with Gasteiger partial charge in [-0.3, -0.25) is 14.8 Å². The minimum absolute atomic E-state index is 0.0714. The second kappa shape index (κ2) is 13.7. The third-order valence-corrected chi connectivity index (χ3v) is 9.67. The Kier molecular flexibility index (Phi) is 9.82. The van der Waals surface area contributed by atoms with Crippen LogP contribution in [0.25, 0.3) is 0 Å². The molecule has 0 aliphatic carbocycles. The summed E-state index contributed by atoms with van der Waals surface area (Å²) in [7, 11) is -3.84. The molecule has 0 bridgehead atoms. The van der Waals surface area contributed by atoms with Gasteiger partial charge in [-0.2, -0.15) is 4.31 Å². The van der Waals surface area contributed by atoms with Crippen molar-refractivity contribution < 1.29 is 30.8 Å². The number of Topliss-reactive ketones (excluding diaryl/α,β-unsaturated/α-hetero) is 1. The van der Waals surface area contributed by atoms with E-state index < -0.39 is 45.3 Å². The molecule has 12 heteroatoms. The van der Waals surface area contributed by atoms with Crippen LogP contribution in [0.2, 0.25) is 0 Å². The van der Waals surface area contributed by atoms with Crippen molar-refractivity contribution in [2.45, 2.75) is 42.5 Å². The molecule has 2 aromatic heterocycles. The maximum absolute atomic E-state index is 15.1. The quantitative estimate of drug-likeness (QED) is 0.237. The topological polar surface area (TPSA) is 92.3 Å². The number of rotatable bonds is 11. The molecule has 0 radical (unpaired) electrons. The highest BCUT2D eigenvalue weighted by Gasteiger charge is 2.34. The highest BCUT2D eigenvalue weighted by molar-refractivity contribution is 7.89. The average Bonchev–Trinajstić information content (AvgIpc) is 3.00. The van der Waals surface area contributed by atoms with Gasteiger partial charge in [0.15, 0.2) is 0 Å². The fourth-order valence-corrected chi connectivity index (χ4v) is 7.22. The van der Waals surface area contributed by atoms with Crippen LogP contribution in [0.1, 0.15) is 41.0 Å². The third-order valence-electron chi connectivity index (χ3n) is 7.74. The Morgan fingerprint density at radius 3 is 2.39 bits per heavy atom. The summed E-state index contributed by atoms with van der Waals surface area (Å²) in [5.74, 6) is -3.88. The summed E-state index contributed by atoms with van der Waals surface area (Å²) >= 11 is 0. The van der Waals surface area contributed by atoms with Crippen LogP contribution in [0.15, 0.2) is 84.3 Å². The number of hydrogen-bond acceptors (Lipinski definition) is 6. The molecule has 0 unspecified atom stereocenters. The smallest absolute Gasteiger partial charge is 0.244 e. The molecule has 5 rings (SSSR count). The number of nitrogens with one attached hydrogen (secondary N) is 1. The molecule has 2 aromatic carbocycles. The highest BCUT2D eigenvalue weighted by Crippen LogP contribution is 2.31. The molecular weight excluding hydrogens is 596 g/mol. The number of ketones is 1. The summed E-state index contributed by atoms with van der Waals surface area (Å²) in [6, 6.07) is 10.8. The maximum atomic E-state index is 15.1. The van der Waals surface area contributed by atoms with Crippen LogP contribution in [0, 0.1) is 23.3 Å². The van der Waals surface area contributed by atoms with E-state index in [9.17, 15) is 26.4 Å². The molecule has 4 aromatic rings. The lowest BCUT2D eigenvalue weighted by atomic mass is 9.85. The van der Waals surface area contributed by atoms with E-state index >= 15 is 4.39 Å². The standard InChI is InChI=1S/C32H30F4N4O3S/c33-24-5-3-21(4-6-24)31(22-12-25(34)15-26(35)13-22)16-28(41)14-23-17-39-20-32(36)30(23)8-7-27-18-38-10-11-40(27)44(42,43)29-2-1-9-37-19-29/h1-6,9,12-13,15,17,19-20,27,31,38H,7-8,10-11,14,16,18H2/t27-,31-/m0/s1. The monoisotopic (exact) mass is 626 g/mol. The van der Waals surface area contributed by atoms with Gasteiger partial charge in [0.2, 0.25) is 10.0 Å². The molecular formula is C32H30F4N4O3S. The number of aromatic nitrogens is 2. The van der Waals surface area contributed by atoms with Crippen molar-refractivity contribution in [1.29, 1.82) is 0 Å². The van der Waals surface area contributed by atoms with Gasteiger partial charge in [-0.15, -0.1) is 0 Å². The molecule has 1 aliphatic rings. The molecule has 1 saturated heterocycles. The first-order chi connectivity index (χ1) is 21.1. The van der Waals surface area contributed by atoms with Crippen LogP contribution in [0.5, 0.6) is 0 Å². The van der Waals surface area contributed by atoms with Crippen molar-refractivity contribution >= 4 is 15.8 Å². The number of halogens is 4. The summed E-state index contributed by atoms with van der Waals surface area (Å²) in [4.78, 5) is 21.3. The summed E-state index contributed by atoms with van der Waals surface area (Å²) in [6.45, 7) is 1.06. The number of pyridine rings is 2. The van der Waals surface area contributed by atoms with Crippen LogP contribution < -0.4 is 5.32 Å². The normalized spacial score (nSPS) is 16.5. The van der Waals surface area contributed by atoms with E-state index in [-0.39, 0.29) is 54.0 Å². The number of nitrogens with zero attached hydrogens (tertiary/aromatic N) is 3. The van der Waals surface area contributed by atoms with E-state index in [0.717, 1.165) is 24.4 Å². The van der Waals surface area contributed by atoms with Crippen molar-refractivity contribution in [2.24, 2.45) is 0 Å². The predicted molar refractivity (Wildman–Crippen MR) is 155 cm³/mol. The zero-order chi connectivity index (χ0) is 31.3. The molecule has 230 valence electrons. The predicted octanol–water partition coefficient (Wildman–Crippen LogP) is 4.96. The fourth-order valence-electron chi connectivity index (χ4n) is 5.60. The van der Waals surface area contributed by atoms with Gasteiger partial charge < -0.3 is 5.32 Å². The van der Waals surface area contributed by atoms with Crippen molar-refractivity contribution in [3.63, 3.8) is 0 Å². The highest BCUT2D eigenvalue weighted by atomic mass is 32.2. The van der Waals surface area contributed by atoms with Crippen molar-refractivity contribution in [1.82, 2.24) is 19.6 Å². The number of piperazine rings is 1. The first-order valence-electron chi connectivity index (χ1n) is 14.1. The van der Waals surface area contributed by atoms with Crippen molar-refractivity contribution in [3.05, 3.63) is 125 Å². The minimum Gasteiger partial charge on any atom is -0.314 e. The van der Waals surface area contributed by atoms with Crippen LogP contribution in [-0.4, -0.2) is 54.2 Å². The number of carbonyl (C=O) groups is 1. The molecule has 44 heavy (non-hydrogen) atoms. The summed E-state index contributed by atoms with van der Waals surface area (Å²) in [6.07, 6.45) is 5.23. The van der Waals surface area contributed by atoms with Gasteiger partial charge in [-0.1, -0.05) is 12.1 Å². The van der Waals surface area contributed by atoms with Gasteiger partial charge in [0, 0.05) is 69.1 Å². The number of benzene rings is 2. The van der Waals surface area contributed by atoms with Crippen molar-refractivity contribution in [3.8, 4) is 0 Å². The summed E-state index contributed by atoms with van der Waals surface area (Å²) in [5.41, 5.74) is 1.28. The lowest BCUT2D eigenvalue weighted by Crippen LogP contribution is -2.53. The molecule has 7 nitrogen and oxygen atoms in total. The second-order valence-corrected chi connectivity index (χ2v) is 12.6. The Labute approximate surface area is 253 Å². The first kappa shape index (κ1) is 31.4. The third kappa shape index (κ3) is 7.37. The van der Waals surface area contributed by atoms with Crippen LogP contribution in [0.4, 0.5) is 17.6 Å². The lowest BCUT2D eigenvalue weighted by molar-refractivity contribution is -0.118. The largest absolute Gasteiger partial charge is 0.314 e. The maximum Gasteiger partial charge on any atom is 0.244 e. The molecule has 1 N–H and O–H groups in total. The fraction of sp³-hybridized carbons (Fsp3) is 0.281. The van der Waals surface area contributed by atoms with Gasteiger partial charge in [-0.25, -0.2) is 26.0 Å².